The van der Waals surface area contributed by atoms with Gasteiger partial charge in [0.05, 0.1) is 29.2 Å². The SMILES string of the molecule is O=[N+]([O-])c1cc(S(=O)(=O)N2CCOCC2)ccc1N/N=C\c1ccc(F)cc1. The minimum atomic E-state index is -3.86. The van der Waals surface area contributed by atoms with E-state index in [-0.39, 0.29) is 36.9 Å². The molecule has 0 spiro atoms. The maximum absolute atomic E-state index is 12.9. The average molecular weight is 408 g/mol. The van der Waals surface area contributed by atoms with E-state index in [9.17, 15) is 22.9 Å². The second-order valence-electron chi connectivity index (χ2n) is 5.87. The largest absolute Gasteiger partial charge is 0.379 e. The molecule has 148 valence electrons. The van der Waals surface area contributed by atoms with Gasteiger partial charge in [0, 0.05) is 19.2 Å². The second kappa shape index (κ2) is 8.42. The molecule has 0 aromatic heterocycles. The Bertz CT molecular complexity index is 989. The number of sulfonamides is 1. The molecule has 1 fully saturated rings. The van der Waals surface area contributed by atoms with Gasteiger partial charge in [-0.15, -0.1) is 0 Å². The van der Waals surface area contributed by atoms with Crippen molar-refractivity contribution in [1.29, 1.82) is 0 Å². The van der Waals surface area contributed by atoms with Gasteiger partial charge in [0.1, 0.15) is 11.5 Å². The van der Waals surface area contributed by atoms with Gasteiger partial charge >= 0.3 is 0 Å². The van der Waals surface area contributed by atoms with Gasteiger partial charge in [-0.3, -0.25) is 15.5 Å². The maximum Gasteiger partial charge on any atom is 0.295 e. The summed E-state index contributed by atoms with van der Waals surface area (Å²) in [6.07, 6.45) is 1.36. The lowest BCUT2D eigenvalue weighted by molar-refractivity contribution is -0.384. The molecule has 28 heavy (non-hydrogen) atoms. The monoisotopic (exact) mass is 408 g/mol. The Morgan fingerprint density at radius 1 is 1.18 bits per heavy atom. The third-order valence-corrected chi connectivity index (χ3v) is 5.94. The number of halogens is 1. The molecule has 0 bridgehead atoms. The van der Waals surface area contributed by atoms with Crippen LogP contribution in [0.15, 0.2) is 52.5 Å². The number of nitro benzene ring substituents is 1. The van der Waals surface area contributed by atoms with Crippen LogP contribution in [0.3, 0.4) is 0 Å². The molecule has 2 aromatic rings. The smallest absolute Gasteiger partial charge is 0.295 e. The van der Waals surface area contributed by atoms with Crippen molar-refractivity contribution in [1.82, 2.24) is 4.31 Å². The average Bonchev–Trinajstić information content (AvgIpc) is 2.70. The first kappa shape index (κ1) is 19.9. The molecule has 0 atom stereocenters. The van der Waals surface area contributed by atoms with Crippen molar-refractivity contribution in [3.05, 3.63) is 64.0 Å². The minimum Gasteiger partial charge on any atom is -0.379 e. The van der Waals surface area contributed by atoms with Gasteiger partial charge in [-0.2, -0.15) is 9.41 Å². The summed E-state index contributed by atoms with van der Waals surface area (Å²) < 4.78 is 44.6. The van der Waals surface area contributed by atoms with Crippen LogP contribution in [0.1, 0.15) is 5.56 Å². The fraction of sp³-hybridized carbons (Fsp3) is 0.235. The zero-order valence-corrected chi connectivity index (χ0v) is 15.4. The van der Waals surface area contributed by atoms with Crippen LogP contribution in [-0.4, -0.2) is 50.2 Å². The van der Waals surface area contributed by atoms with Crippen molar-refractivity contribution in [2.24, 2.45) is 5.10 Å². The highest BCUT2D eigenvalue weighted by atomic mass is 32.2. The van der Waals surface area contributed by atoms with E-state index in [1.165, 1.54) is 46.9 Å². The van der Waals surface area contributed by atoms with Crippen molar-refractivity contribution >= 4 is 27.6 Å². The van der Waals surface area contributed by atoms with E-state index in [0.717, 1.165) is 6.07 Å². The lowest BCUT2D eigenvalue weighted by Crippen LogP contribution is -2.40. The molecule has 11 heteroatoms. The molecule has 2 aromatic carbocycles. The summed E-state index contributed by atoms with van der Waals surface area (Å²) in [5.74, 6) is -0.391. The number of rotatable bonds is 6. The molecule has 1 N–H and O–H groups in total. The predicted octanol–water partition coefficient (Wildman–Crippen LogP) is 2.20. The van der Waals surface area contributed by atoms with Gasteiger partial charge in [0.15, 0.2) is 0 Å². The predicted molar refractivity (Wildman–Crippen MR) is 100 cm³/mol. The number of hydrazone groups is 1. The lowest BCUT2D eigenvalue weighted by atomic mass is 10.2. The van der Waals surface area contributed by atoms with E-state index >= 15 is 0 Å². The number of morpholine rings is 1. The molecule has 0 unspecified atom stereocenters. The van der Waals surface area contributed by atoms with Crippen LogP contribution in [0.25, 0.3) is 0 Å². The van der Waals surface area contributed by atoms with Gasteiger partial charge in [-0.25, -0.2) is 12.8 Å². The molecular weight excluding hydrogens is 391 g/mol. The normalized spacial score (nSPS) is 15.6. The number of hydrogen-bond donors (Lipinski definition) is 1. The molecule has 0 radical (unpaired) electrons. The van der Waals surface area contributed by atoms with E-state index in [1.807, 2.05) is 0 Å². The maximum atomic E-state index is 12.9. The number of nitrogens with zero attached hydrogens (tertiary/aromatic N) is 3. The number of hydrogen-bond acceptors (Lipinski definition) is 7. The van der Waals surface area contributed by atoms with Crippen LogP contribution in [0.5, 0.6) is 0 Å². The van der Waals surface area contributed by atoms with Crippen LogP contribution < -0.4 is 5.43 Å². The quantitative estimate of drug-likeness (QED) is 0.445. The Kier molecular flexibility index (Phi) is 5.97. The van der Waals surface area contributed by atoms with E-state index in [1.54, 1.807) is 0 Å². The van der Waals surface area contributed by atoms with Gasteiger partial charge in [-0.05, 0) is 29.8 Å². The van der Waals surface area contributed by atoms with Crippen molar-refractivity contribution in [3.8, 4) is 0 Å². The first-order chi connectivity index (χ1) is 13.4. The highest BCUT2D eigenvalue weighted by Crippen LogP contribution is 2.29. The molecule has 1 aliphatic rings. The minimum absolute atomic E-state index is 0.0317. The summed E-state index contributed by atoms with van der Waals surface area (Å²) in [4.78, 5) is 10.5. The van der Waals surface area contributed by atoms with Crippen LogP contribution in [0.2, 0.25) is 0 Å². The highest BCUT2D eigenvalue weighted by Gasteiger charge is 2.28. The fourth-order valence-corrected chi connectivity index (χ4v) is 4.01. The summed E-state index contributed by atoms with van der Waals surface area (Å²) in [7, 11) is -3.86. The van der Waals surface area contributed by atoms with Crippen LogP contribution in [-0.2, 0) is 14.8 Å². The third kappa shape index (κ3) is 4.50. The van der Waals surface area contributed by atoms with E-state index in [2.05, 4.69) is 10.5 Å². The topological polar surface area (TPSA) is 114 Å². The van der Waals surface area contributed by atoms with Crippen LogP contribution in [0.4, 0.5) is 15.8 Å². The fourth-order valence-electron chi connectivity index (χ4n) is 2.58. The summed E-state index contributed by atoms with van der Waals surface area (Å²) >= 11 is 0. The van der Waals surface area contributed by atoms with Gasteiger partial charge in [0.25, 0.3) is 5.69 Å². The number of nitrogens with one attached hydrogen (secondary N) is 1. The first-order valence-electron chi connectivity index (χ1n) is 8.29. The molecule has 3 rings (SSSR count). The number of ether oxygens (including phenoxy) is 1. The van der Waals surface area contributed by atoms with Crippen molar-refractivity contribution < 1.29 is 22.5 Å². The number of benzene rings is 2. The molecular formula is C17H17FN4O5S. The summed E-state index contributed by atoms with van der Waals surface area (Å²) in [5.41, 5.74) is 2.71. The van der Waals surface area contributed by atoms with Crippen molar-refractivity contribution in [2.75, 3.05) is 31.7 Å². The van der Waals surface area contributed by atoms with Gasteiger partial charge < -0.3 is 4.74 Å². The zero-order chi connectivity index (χ0) is 20.1. The molecule has 1 heterocycles. The molecule has 0 amide bonds. The Morgan fingerprint density at radius 2 is 1.86 bits per heavy atom. The van der Waals surface area contributed by atoms with E-state index < -0.39 is 26.5 Å². The molecule has 0 aliphatic carbocycles. The number of nitro groups is 1. The Balaban J connectivity index is 1.83. The van der Waals surface area contributed by atoms with Gasteiger partial charge in [0.2, 0.25) is 10.0 Å². The second-order valence-corrected chi connectivity index (χ2v) is 7.81. The summed E-state index contributed by atoms with van der Waals surface area (Å²) in [5, 5.41) is 15.3. The van der Waals surface area contributed by atoms with Gasteiger partial charge in [-0.1, -0.05) is 12.1 Å². The molecule has 1 saturated heterocycles. The van der Waals surface area contributed by atoms with E-state index in [0.29, 0.717) is 5.56 Å². The zero-order valence-electron chi connectivity index (χ0n) is 14.6. The first-order valence-corrected chi connectivity index (χ1v) is 9.73. The van der Waals surface area contributed by atoms with Crippen LogP contribution >= 0.6 is 0 Å². The third-order valence-electron chi connectivity index (χ3n) is 4.04. The molecule has 1 aliphatic heterocycles. The van der Waals surface area contributed by atoms with Crippen molar-refractivity contribution in [2.45, 2.75) is 4.90 Å². The number of anilines is 1. The summed E-state index contributed by atoms with van der Waals surface area (Å²) in [6, 6.07) is 9.08. The molecule has 9 nitrogen and oxygen atoms in total. The highest BCUT2D eigenvalue weighted by molar-refractivity contribution is 7.89. The van der Waals surface area contributed by atoms with Crippen LogP contribution in [0, 0.1) is 15.9 Å². The van der Waals surface area contributed by atoms with Crippen molar-refractivity contribution in [3.63, 3.8) is 0 Å². The van der Waals surface area contributed by atoms with E-state index in [4.69, 9.17) is 4.74 Å². The molecule has 0 saturated carbocycles. The lowest BCUT2D eigenvalue weighted by Gasteiger charge is -2.26. The Hall–Kier alpha value is -2.89. The Labute approximate surface area is 160 Å². The Morgan fingerprint density at radius 3 is 2.50 bits per heavy atom. The summed E-state index contributed by atoms with van der Waals surface area (Å²) in [6.45, 7) is 0.939. The standard InChI is InChI=1S/C17H17FN4O5S/c18-14-3-1-13(2-4-14)12-19-20-16-6-5-15(11-17(16)22(23)24)28(25,26)21-7-9-27-10-8-21/h1-6,11-12,20H,7-10H2/b19-12-.